The first kappa shape index (κ1) is 21.6. The number of aromatic hydroxyl groups is 1. The van der Waals surface area contributed by atoms with Crippen LogP contribution in [0.15, 0.2) is 24.3 Å². The van der Waals surface area contributed by atoms with Crippen molar-refractivity contribution < 1.29 is 34.1 Å². The third kappa shape index (κ3) is 6.68. The number of ether oxygens (including phenoxy) is 1. The van der Waals surface area contributed by atoms with Crippen molar-refractivity contribution in [1.29, 1.82) is 0 Å². The lowest BCUT2D eigenvalue weighted by molar-refractivity contribution is -0.154. The molecule has 1 rings (SSSR count). The number of carbonyl (C=O) groups is 1. The van der Waals surface area contributed by atoms with Crippen LogP contribution in [0.2, 0.25) is 0 Å². The first-order chi connectivity index (χ1) is 10.6. The Kier molecular flexibility index (Phi) is 9.04. The van der Waals surface area contributed by atoms with E-state index in [0.717, 1.165) is 25.3 Å². The van der Waals surface area contributed by atoms with Gasteiger partial charge in [-0.25, -0.2) is 4.79 Å². The van der Waals surface area contributed by atoms with Crippen LogP contribution in [-0.4, -0.2) is 44.5 Å². The highest BCUT2D eigenvalue weighted by Crippen LogP contribution is 2.51. The van der Waals surface area contributed by atoms with E-state index in [4.69, 9.17) is 20.6 Å². The summed E-state index contributed by atoms with van der Waals surface area (Å²) < 4.78 is 15.2. The summed E-state index contributed by atoms with van der Waals surface area (Å²) in [7, 11) is -4.78. The zero-order valence-corrected chi connectivity index (χ0v) is 14.1. The van der Waals surface area contributed by atoms with Crippen LogP contribution in [0.25, 0.3) is 0 Å². The van der Waals surface area contributed by atoms with E-state index in [1.54, 1.807) is 6.07 Å². The van der Waals surface area contributed by atoms with Gasteiger partial charge in [0.25, 0.3) is 5.34 Å². The number of carboxylic acids is 1. The van der Waals surface area contributed by atoms with Crippen LogP contribution in [0.1, 0.15) is 25.8 Å². The molecule has 1 aromatic rings. The highest BCUT2D eigenvalue weighted by molar-refractivity contribution is 7.54. The van der Waals surface area contributed by atoms with E-state index < -0.39 is 18.9 Å². The lowest BCUT2D eigenvalue weighted by Gasteiger charge is -2.24. The number of hydrogen-bond acceptors (Lipinski definition) is 5. The second kappa shape index (κ2) is 9.64. The van der Waals surface area contributed by atoms with Gasteiger partial charge in [-0.05, 0) is 44.9 Å². The van der Waals surface area contributed by atoms with Crippen molar-refractivity contribution in [2.45, 2.75) is 32.0 Å². The van der Waals surface area contributed by atoms with Gasteiger partial charge in [0.2, 0.25) is 0 Å². The van der Waals surface area contributed by atoms with Gasteiger partial charge in [-0.1, -0.05) is 18.2 Å². The molecule has 0 saturated carbocycles. The van der Waals surface area contributed by atoms with E-state index in [0.29, 0.717) is 12.3 Å². The summed E-state index contributed by atoms with van der Waals surface area (Å²) in [5, 5.41) is 15.3. The fourth-order valence-corrected chi connectivity index (χ4v) is 2.11. The number of benzene rings is 1. The molecule has 0 aromatic heterocycles. The fourth-order valence-electron chi connectivity index (χ4n) is 1.57. The van der Waals surface area contributed by atoms with E-state index in [2.05, 4.69) is 4.74 Å². The third-order valence-electron chi connectivity index (χ3n) is 3.02. The largest absolute Gasteiger partial charge is 0.508 e. The maximum Gasteiger partial charge on any atom is 0.368 e. The quantitative estimate of drug-likeness (QED) is 0.462. The van der Waals surface area contributed by atoms with Gasteiger partial charge in [0, 0.05) is 6.61 Å². The number of nitrogens with two attached hydrogens (primary N) is 1. The molecule has 0 fully saturated rings. The predicted octanol–water partition coefficient (Wildman–Crippen LogP) is 1.28. The Morgan fingerprint density at radius 2 is 1.91 bits per heavy atom. The molecule has 0 aliphatic rings. The number of carboxylic acid groups (broad SMARTS) is 1. The number of phenols is 1. The van der Waals surface area contributed by atoms with Gasteiger partial charge in [0.1, 0.15) is 5.75 Å². The Morgan fingerprint density at radius 1 is 1.35 bits per heavy atom. The minimum atomic E-state index is -4.78. The number of aliphatic carboxylic acids is 1. The molecule has 8 nitrogen and oxygen atoms in total. The standard InChI is InChI=1S/C9H13NO.C5H11O6P/c10-7-3-5-8-4-1-2-6-9(8)11;1-3-11-5(2,4(6)7)12(8,9)10/h1-2,4,6,11H,3,5,7,10H2;3H2,1-2H3,(H,6,7)(H2,8,9,10). The molecule has 0 amide bonds. The SMILES string of the molecule is CCOC(C)(C(=O)O)P(=O)(O)O.NCCCc1ccccc1O. The number of aryl methyl sites for hydroxylation is 1. The van der Waals surface area contributed by atoms with E-state index in [9.17, 15) is 14.5 Å². The van der Waals surface area contributed by atoms with Crippen LogP contribution < -0.4 is 5.73 Å². The number of para-hydroxylation sites is 1. The second-order valence-electron chi connectivity index (χ2n) is 4.79. The van der Waals surface area contributed by atoms with Gasteiger partial charge in [0.05, 0.1) is 0 Å². The highest BCUT2D eigenvalue weighted by atomic mass is 31.2. The molecule has 0 spiro atoms. The van der Waals surface area contributed by atoms with Crippen molar-refractivity contribution in [3.63, 3.8) is 0 Å². The van der Waals surface area contributed by atoms with Gasteiger partial charge in [-0.15, -0.1) is 0 Å². The minimum Gasteiger partial charge on any atom is -0.508 e. The molecule has 6 N–H and O–H groups in total. The molecule has 23 heavy (non-hydrogen) atoms. The third-order valence-corrected chi connectivity index (χ3v) is 4.45. The van der Waals surface area contributed by atoms with Crippen molar-refractivity contribution in [1.82, 2.24) is 0 Å². The average Bonchev–Trinajstić information content (AvgIpc) is 2.46. The molecule has 132 valence electrons. The van der Waals surface area contributed by atoms with Crippen molar-refractivity contribution >= 4 is 13.6 Å². The van der Waals surface area contributed by atoms with Crippen LogP contribution >= 0.6 is 7.60 Å². The number of hydrogen-bond donors (Lipinski definition) is 5. The Morgan fingerprint density at radius 3 is 2.26 bits per heavy atom. The van der Waals surface area contributed by atoms with E-state index in [-0.39, 0.29) is 6.61 Å². The maximum atomic E-state index is 10.7. The Labute approximate surface area is 135 Å². The van der Waals surface area contributed by atoms with Crippen LogP contribution in [-0.2, 0) is 20.5 Å². The van der Waals surface area contributed by atoms with Crippen molar-refractivity contribution in [2.75, 3.05) is 13.2 Å². The zero-order chi connectivity index (χ0) is 18.1. The molecule has 0 radical (unpaired) electrons. The molecular formula is C14H24NO7P. The van der Waals surface area contributed by atoms with E-state index in [1.165, 1.54) is 6.92 Å². The summed E-state index contributed by atoms with van der Waals surface area (Å²) in [5.74, 6) is -1.29. The minimum absolute atomic E-state index is 0.0755. The molecule has 1 atom stereocenters. The van der Waals surface area contributed by atoms with Gasteiger partial charge < -0.3 is 30.5 Å². The maximum absolute atomic E-state index is 10.7. The number of rotatable bonds is 7. The molecule has 9 heteroatoms. The van der Waals surface area contributed by atoms with E-state index >= 15 is 0 Å². The summed E-state index contributed by atoms with van der Waals surface area (Å²) >= 11 is 0. The van der Waals surface area contributed by atoms with E-state index in [1.807, 2.05) is 18.2 Å². The lowest BCUT2D eigenvalue weighted by atomic mass is 10.1. The Bertz CT molecular complexity index is 546. The average molecular weight is 349 g/mol. The first-order valence-electron chi connectivity index (χ1n) is 7.00. The fraction of sp³-hybridized carbons (Fsp3) is 0.500. The van der Waals surface area contributed by atoms with Crippen LogP contribution in [0.5, 0.6) is 5.75 Å². The van der Waals surface area contributed by atoms with Crippen LogP contribution in [0.4, 0.5) is 0 Å². The summed E-state index contributed by atoms with van der Waals surface area (Å²) in [6.07, 6.45) is 1.79. The molecule has 0 aliphatic carbocycles. The van der Waals surface area contributed by atoms with Gasteiger partial charge in [-0.2, -0.15) is 0 Å². The molecule has 0 saturated heterocycles. The summed E-state index contributed by atoms with van der Waals surface area (Å²) in [6.45, 7) is 2.90. The van der Waals surface area contributed by atoms with Crippen molar-refractivity contribution in [3.8, 4) is 5.75 Å². The Hall–Kier alpha value is -1.44. The monoisotopic (exact) mass is 349 g/mol. The summed E-state index contributed by atoms with van der Waals surface area (Å²) in [5.41, 5.74) is 6.33. The van der Waals surface area contributed by atoms with Crippen molar-refractivity contribution in [3.05, 3.63) is 29.8 Å². The normalized spacial score (nSPS) is 13.6. The molecule has 1 unspecified atom stereocenters. The molecule has 0 heterocycles. The molecule has 0 aliphatic heterocycles. The predicted molar refractivity (Wildman–Crippen MR) is 85.2 cm³/mol. The summed E-state index contributed by atoms with van der Waals surface area (Å²) in [4.78, 5) is 27.7. The van der Waals surface area contributed by atoms with Crippen LogP contribution in [0, 0.1) is 0 Å². The van der Waals surface area contributed by atoms with Gasteiger partial charge >= 0.3 is 13.6 Å². The highest BCUT2D eigenvalue weighted by Gasteiger charge is 2.51. The topological polar surface area (TPSA) is 150 Å². The van der Waals surface area contributed by atoms with Crippen molar-refractivity contribution in [2.24, 2.45) is 5.73 Å². The number of phenolic OH excluding ortho intramolecular Hbond substituents is 1. The molecule has 0 bridgehead atoms. The first-order valence-corrected chi connectivity index (χ1v) is 8.61. The zero-order valence-electron chi connectivity index (χ0n) is 13.2. The van der Waals surface area contributed by atoms with Gasteiger partial charge in [-0.3, -0.25) is 4.57 Å². The molecular weight excluding hydrogens is 325 g/mol. The lowest BCUT2D eigenvalue weighted by Crippen LogP contribution is -2.38. The van der Waals surface area contributed by atoms with Gasteiger partial charge in [0.15, 0.2) is 0 Å². The van der Waals surface area contributed by atoms with Crippen LogP contribution in [0.3, 0.4) is 0 Å². The Balaban J connectivity index is 0.000000422. The smallest absolute Gasteiger partial charge is 0.368 e. The molecule has 1 aromatic carbocycles. The summed E-state index contributed by atoms with van der Waals surface area (Å²) in [6, 6.07) is 7.36. The second-order valence-corrected chi connectivity index (χ2v) is 6.73.